The Kier molecular flexibility index (Phi) is 3.73. The lowest BCUT2D eigenvalue weighted by Crippen LogP contribution is -2.15. The Hall–Kier alpha value is -1.26. The number of methoxy groups -OCH3 is 1. The zero-order chi connectivity index (χ0) is 10.6. The molecule has 0 aromatic heterocycles. The van der Waals surface area contributed by atoms with Gasteiger partial charge in [0, 0.05) is 7.11 Å². The van der Waals surface area contributed by atoms with Crippen molar-refractivity contribution in [2.45, 2.75) is 6.61 Å². The Balaban J connectivity index is 3.01. The van der Waals surface area contributed by atoms with E-state index >= 15 is 0 Å². The maximum Gasteiger partial charge on any atom is 0.179 e. The molecule has 4 heteroatoms. The second-order valence-corrected chi connectivity index (χ2v) is 2.87. The van der Waals surface area contributed by atoms with Crippen LogP contribution in [-0.2, 0) is 11.3 Å². The van der Waals surface area contributed by atoms with Crippen molar-refractivity contribution >= 4 is 5.78 Å². The van der Waals surface area contributed by atoms with Gasteiger partial charge in [-0.05, 0) is 17.7 Å². The zero-order valence-electron chi connectivity index (χ0n) is 7.92. The number of rotatable bonds is 4. The highest BCUT2D eigenvalue weighted by atomic mass is 19.1. The molecule has 1 aromatic carbocycles. The van der Waals surface area contributed by atoms with Crippen LogP contribution in [0.25, 0.3) is 0 Å². The normalized spacial score (nSPS) is 10.2. The van der Waals surface area contributed by atoms with Crippen LogP contribution in [0.3, 0.4) is 0 Å². The third-order valence-electron chi connectivity index (χ3n) is 1.83. The average Bonchev–Trinajstić information content (AvgIpc) is 2.20. The Morgan fingerprint density at radius 3 is 2.86 bits per heavy atom. The summed E-state index contributed by atoms with van der Waals surface area (Å²) in [6.07, 6.45) is 0. The van der Waals surface area contributed by atoms with Crippen molar-refractivity contribution in [3.8, 4) is 0 Å². The van der Waals surface area contributed by atoms with E-state index < -0.39 is 11.6 Å². The van der Waals surface area contributed by atoms with Gasteiger partial charge in [0.2, 0.25) is 0 Å². The van der Waals surface area contributed by atoms with Gasteiger partial charge in [-0.3, -0.25) is 4.79 Å². The van der Waals surface area contributed by atoms with E-state index in [1.807, 2.05) is 0 Å². The summed E-state index contributed by atoms with van der Waals surface area (Å²) in [4.78, 5) is 11.2. The number of nitrogens with two attached hydrogens (primary N) is 1. The molecule has 1 rings (SSSR count). The maximum atomic E-state index is 13.1. The van der Waals surface area contributed by atoms with Crippen LogP contribution in [0.5, 0.6) is 0 Å². The molecule has 0 aliphatic rings. The number of hydrogen-bond donors (Lipinski definition) is 1. The molecule has 2 N–H and O–H groups in total. The lowest BCUT2D eigenvalue weighted by molar-refractivity contribution is 0.0997. The topological polar surface area (TPSA) is 52.3 Å². The average molecular weight is 197 g/mol. The predicted octanol–water partition coefficient (Wildman–Crippen LogP) is 1.11. The van der Waals surface area contributed by atoms with Crippen LogP contribution in [-0.4, -0.2) is 19.4 Å². The fourth-order valence-electron chi connectivity index (χ4n) is 1.15. The van der Waals surface area contributed by atoms with E-state index in [0.29, 0.717) is 6.61 Å². The van der Waals surface area contributed by atoms with Crippen LogP contribution in [0.2, 0.25) is 0 Å². The van der Waals surface area contributed by atoms with Crippen molar-refractivity contribution in [2.75, 3.05) is 13.7 Å². The van der Waals surface area contributed by atoms with Crippen molar-refractivity contribution in [3.05, 3.63) is 35.1 Å². The van der Waals surface area contributed by atoms with Crippen LogP contribution in [0.4, 0.5) is 4.39 Å². The molecular weight excluding hydrogens is 185 g/mol. The van der Waals surface area contributed by atoms with Crippen LogP contribution in [0, 0.1) is 5.82 Å². The van der Waals surface area contributed by atoms with E-state index in [9.17, 15) is 9.18 Å². The van der Waals surface area contributed by atoms with Gasteiger partial charge in [0.1, 0.15) is 5.82 Å². The number of benzene rings is 1. The molecule has 0 spiro atoms. The number of Topliss-reactive ketones (excluding diaryl/α,β-unsaturated/α-hetero) is 1. The van der Waals surface area contributed by atoms with Crippen LogP contribution in [0.15, 0.2) is 18.2 Å². The van der Waals surface area contributed by atoms with Gasteiger partial charge >= 0.3 is 0 Å². The summed E-state index contributed by atoms with van der Waals surface area (Å²) in [5.41, 5.74) is 5.93. The SMILES string of the molecule is COCc1ccc(F)c(C(=O)CN)c1. The van der Waals surface area contributed by atoms with Crippen LogP contribution in [0.1, 0.15) is 15.9 Å². The number of ketones is 1. The zero-order valence-corrected chi connectivity index (χ0v) is 7.92. The second-order valence-electron chi connectivity index (χ2n) is 2.87. The number of hydrogen-bond acceptors (Lipinski definition) is 3. The Morgan fingerprint density at radius 2 is 2.29 bits per heavy atom. The first-order valence-electron chi connectivity index (χ1n) is 4.19. The minimum atomic E-state index is -0.541. The highest BCUT2D eigenvalue weighted by Crippen LogP contribution is 2.11. The van der Waals surface area contributed by atoms with Crippen molar-refractivity contribution in [2.24, 2.45) is 5.73 Å². The molecule has 3 nitrogen and oxygen atoms in total. The molecule has 76 valence electrons. The highest BCUT2D eigenvalue weighted by molar-refractivity contribution is 5.97. The largest absolute Gasteiger partial charge is 0.380 e. The molecule has 0 amide bonds. The van der Waals surface area contributed by atoms with E-state index in [0.717, 1.165) is 5.56 Å². The number of carbonyl (C=O) groups is 1. The predicted molar refractivity (Wildman–Crippen MR) is 50.5 cm³/mol. The molecule has 0 bridgehead atoms. The number of halogens is 1. The fraction of sp³-hybridized carbons (Fsp3) is 0.300. The molecule has 0 saturated carbocycles. The Morgan fingerprint density at radius 1 is 1.57 bits per heavy atom. The summed E-state index contributed by atoms with van der Waals surface area (Å²) in [5.74, 6) is -0.944. The van der Waals surface area contributed by atoms with Crippen molar-refractivity contribution in [1.29, 1.82) is 0 Å². The van der Waals surface area contributed by atoms with Gasteiger partial charge in [0.05, 0.1) is 18.7 Å². The van der Waals surface area contributed by atoms with Crippen LogP contribution < -0.4 is 5.73 Å². The fourth-order valence-corrected chi connectivity index (χ4v) is 1.15. The van der Waals surface area contributed by atoms with Crippen molar-refractivity contribution < 1.29 is 13.9 Å². The van der Waals surface area contributed by atoms with Gasteiger partial charge in [-0.15, -0.1) is 0 Å². The molecule has 0 heterocycles. The molecule has 0 fully saturated rings. The standard InChI is InChI=1S/C10H12FNO2/c1-14-6-7-2-3-9(11)8(4-7)10(13)5-12/h2-4H,5-6,12H2,1H3. The molecule has 14 heavy (non-hydrogen) atoms. The van der Waals surface area contributed by atoms with Gasteiger partial charge in [0.15, 0.2) is 5.78 Å². The molecule has 0 aliphatic carbocycles. The summed E-state index contributed by atoms with van der Waals surface area (Å²) >= 11 is 0. The highest BCUT2D eigenvalue weighted by Gasteiger charge is 2.10. The van der Waals surface area contributed by atoms with E-state index in [1.165, 1.54) is 19.2 Å². The van der Waals surface area contributed by atoms with Gasteiger partial charge in [-0.25, -0.2) is 4.39 Å². The third-order valence-corrected chi connectivity index (χ3v) is 1.83. The first-order valence-corrected chi connectivity index (χ1v) is 4.19. The van der Waals surface area contributed by atoms with E-state index in [4.69, 9.17) is 10.5 Å². The molecule has 0 aliphatic heterocycles. The summed E-state index contributed by atoms with van der Waals surface area (Å²) in [5, 5.41) is 0. The maximum absolute atomic E-state index is 13.1. The minimum Gasteiger partial charge on any atom is -0.380 e. The third kappa shape index (κ3) is 2.37. The van der Waals surface area contributed by atoms with E-state index in [2.05, 4.69) is 0 Å². The summed E-state index contributed by atoms with van der Waals surface area (Å²) < 4.78 is 18.0. The smallest absolute Gasteiger partial charge is 0.179 e. The van der Waals surface area contributed by atoms with Crippen molar-refractivity contribution in [1.82, 2.24) is 0 Å². The van der Waals surface area contributed by atoms with Crippen LogP contribution >= 0.6 is 0 Å². The first kappa shape index (κ1) is 10.8. The summed E-state index contributed by atoms with van der Waals surface area (Å²) in [6.45, 7) is 0.165. The van der Waals surface area contributed by atoms with Gasteiger partial charge in [-0.1, -0.05) is 6.07 Å². The lowest BCUT2D eigenvalue weighted by Gasteiger charge is -2.04. The molecular formula is C10H12FNO2. The molecule has 0 saturated heterocycles. The minimum absolute atomic E-state index is 0.0297. The van der Waals surface area contributed by atoms with Gasteiger partial charge < -0.3 is 10.5 Å². The lowest BCUT2D eigenvalue weighted by atomic mass is 10.1. The number of carbonyl (C=O) groups excluding carboxylic acids is 1. The first-order chi connectivity index (χ1) is 6.69. The molecule has 0 unspecified atom stereocenters. The quantitative estimate of drug-likeness (QED) is 0.736. The Labute approximate surface area is 81.7 Å². The monoisotopic (exact) mass is 197 g/mol. The summed E-state index contributed by atoms with van der Waals surface area (Å²) in [7, 11) is 1.54. The molecule has 0 atom stereocenters. The molecule has 1 aromatic rings. The van der Waals surface area contributed by atoms with E-state index in [-0.39, 0.29) is 12.1 Å². The van der Waals surface area contributed by atoms with Crippen molar-refractivity contribution in [3.63, 3.8) is 0 Å². The van der Waals surface area contributed by atoms with E-state index in [1.54, 1.807) is 6.07 Å². The Bertz CT molecular complexity index is 339. The number of ether oxygens (including phenoxy) is 1. The second kappa shape index (κ2) is 4.83. The summed E-state index contributed by atoms with van der Waals surface area (Å²) in [6, 6.07) is 4.29. The van der Waals surface area contributed by atoms with Gasteiger partial charge in [-0.2, -0.15) is 0 Å². The van der Waals surface area contributed by atoms with Gasteiger partial charge in [0.25, 0.3) is 0 Å². The molecule has 0 radical (unpaired) electrons.